The Bertz CT molecular complexity index is 810. The lowest BCUT2D eigenvalue weighted by atomic mass is 9.97. The summed E-state index contributed by atoms with van der Waals surface area (Å²) in [7, 11) is 0. The highest BCUT2D eigenvalue weighted by Gasteiger charge is 2.26. The fourth-order valence-electron chi connectivity index (χ4n) is 3.26. The number of halogens is 1. The minimum atomic E-state index is -0.319. The van der Waals surface area contributed by atoms with Gasteiger partial charge in [-0.3, -0.25) is 14.5 Å². The van der Waals surface area contributed by atoms with Crippen LogP contribution < -0.4 is 10.6 Å². The maximum Gasteiger partial charge on any atom is 0.240 e. The molecule has 1 aromatic carbocycles. The van der Waals surface area contributed by atoms with E-state index in [4.69, 9.17) is 0 Å². The zero-order chi connectivity index (χ0) is 19.2. The maximum absolute atomic E-state index is 13.3. The number of rotatable bonds is 7. The van der Waals surface area contributed by atoms with E-state index >= 15 is 0 Å². The predicted octanol–water partition coefficient (Wildman–Crippen LogP) is 3.00. The standard InChI is InChI=1S/C19H25FN4O2S/c1-2-3-8-21-18(26)13-5-4-9-24(11-13)12-17(25)23-19-22-15-7-6-14(20)10-16(15)27-19/h6-7,10,13H,2-5,8-9,11-12H2,1H3,(H,21,26)(H,22,23,25). The van der Waals surface area contributed by atoms with Crippen LogP contribution in [0.4, 0.5) is 9.52 Å². The van der Waals surface area contributed by atoms with Crippen LogP contribution in [0.25, 0.3) is 10.2 Å². The second kappa shape index (κ2) is 9.23. The molecule has 1 aromatic heterocycles. The van der Waals surface area contributed by atoms with Gasteiger partial charge in [-0.15, -0.1) is 0 Å². The van der Waals surface area contributed by atoms with Crippen LogP contribution in [0, 0.1) is 11.7 Å². The van der Waals surface area contributed by atoms with Crippen LogP contribution in [0.5, 0.6) is 0 Å². The van der Waals surface area contributed by atoms with Crippen LogP contribution in [0.1, 0.15) is 32.6 Å². The number of aromatic nitrogens is 1. The first-order valence-corrected chi connectivity index (χ1v) is 10.2. The summed E-state index contributed by atoms with van der Waals surface area (Å²) >= 11 is 1.25. The molecule has 0 aliphatic carbocycles. The number of carbonyl (C=O) groups excluding carboxylic acids is 2. The van der Waals surface area contributed by atoms with Crippen LogP contribution in [0.15, 0.2) is 18.2 Å². The van der Waals surface area contributed by atoms with Crippen molar-refractivity contribution in [3.63, 3.8) is 0 Å². The fourth-order valence-corrected chi connectivity index (χ4v) is 4.17. The van der Waals surface area contributed by atoms with Gasteiger partial charge in [-0.25, -0.2) is 9.37 Å². The average molecular weight is 393 g/mol. The van der Waals surface area contributed by atoms with Crippen molar-refractivity contribution in [1.29, 1.82) is 0 Å². The highest BCUT2D eigenvalue weighted by Crippen LogP contribution is 2.26. The number of carbonyl (C=O) groups is 2. The monoisotopic (exact) mass is 392 g/mol. The minimum absolute atomic E-state index is 0.0613. The second-order valence-electron chi connectivity index (χ2n) is 6.90. The molecule has 0 radical (unpaired) electrons. The molecule has 3 rings (SSSR count). The third-order valence-corrected chi connectivity index (χ3v) is 5.60. The normalized spacial score (nSPS) is 17.8. The Balaban J connectivity index is 1.51. The Hall–Kier alpha value is -2.06. The van der Waals surface area contributed by atoms with Crippen molar-refractivity contribution in [1.82, 2.24) is 15.2 Å². The van der Waals surface area contributed by atoms with Gasteiger partial charge in [0, 0.05) is 13.1 Å². The molecule has 6 nitrogen and oxygen atoms in total. The topological polar surface area (TPSA) is 74.3 Å². The molecule has 2 amide bonds. The van der Waals surface area contributed by atoms with Crippen molar-refractivity contribution in [2.45, 2.75) is 32.6 Å². The first-order valence-electron chi connectivity index (χ1n) is 9.41. The number of fused-ring (bicyclic) bond motifs is 1. The number of hydrogen-bond donors (Lipinski definition) is 2. The van der Waals surface area contributed by atoms with E-state index in [2.05, 4.69) is 22.5 Å². The van der Waals surface area contributed by atoms with Gasteiger partial charge in [0.2, 0.25) is 11.8 Å². The molecule has 146 valence electrons. The molecular formula is C19H25FN4O2S. The molecule has 2 heterocycles. The summed E-state index contributed by atoms with van der Waals surface area (Å²) in [5.74, 6) is -0.460. The first kappa shape index (κ1) is 19.7. The summed E-state index contributed by atoms with van der Waals surface area (Å²) in [5.41, 5.74) is 0.665. The van der Waals surface area contributed by atoms with Crippen molar-refractivity contribution in [3.05, 3.63) is 24.0 Å². The molecule has 1 aliphatic heterocycles. The van der Waals surface area contributed by atoms with Crippen molar-refractivity contribution in [2.24, 2.45) is 5.92 Å². The zero-order valence-corrected chi connectivity index (χ0v) is 16.3. The summed E-state index contributed by atoms with van der Waals surface area (Å²) in [6.45, 7) is 4.43. The number of nitrogens with one attached hydrogen (secondary N) is 2. The molecule has 27 heavy (non-hydrogen) atoms. The number of piperidine rings is 1. The number of amides is 2. The number of unbranched alkanes of at least 4 members (excludes halogenated alkanes) is 1. The molecule has 1 unspecified atom stereocenters. The Labute approximate surface area is 162 Å². The summed E-state index contributed by atoms with van der Waals surface area (Å²) in [5, 5.41) is 6.23. The van der Waals surface area contributed by atoms with Gasteiger partial charge in [0.15, 0.2) is 5.13 Å². The van der Waals surface area contributed by atoms with E-state index in [-0.39, 0.29) is 30.1 Å². The number of benzene rings is 1. The van der Waals surface area contributed by atoms with Gasteiger partial charge in [0.05, 0.1) is 22.7 Å². The van der Waals surface area contributed by atoms with Gasteiger partial charge in [-0.2, -0.15) is 0 Å². The zero-order valence-electron chi connectivity index (χ0n) is 15.5. The molecule has 0 spiro atoms. The van der Waals surface area contributed by atoms with E-state index in [0.717, 1.165) is 32.2 Å². The van der Waals surface area contributed by atoms with Crippen molar-refractivity contribution >= 4 is 38.5 Å². The minimum Gasteiger partial charge on any atom is -0.356 e. The van der Waals surface area contributed by atoms with Gasteiger partial charge >= 0.3 is 0 Å². The molecular weight excluding hydrogens is 367 g/mol. The molecule has 8 heteroatoms. The van der Waals surface area contributed by atoms with Crippen molar-refractivity contribution < 1.29 is 14.0 Å². The molecule has 0 saturated carbocycles. The Morgan fingerprint density at radius 3 is 3.07 bits per heavy atom. The largest absolute Gasteiger partial charge is 0.356 e. The highest BCUT2D eigenvalue weighted by molar-refractivity contribution is 7.22. The summed E-state index contributed by atoms with van der Waals surface area (Å²) in [4.78, 5) is 30.9. The molecule has 1 atom stereocenters. The lowest BCUT2D eigenvalue weighted by molar-refractivity contribution is -0.127. The molecule has 2 N–H and O–H groups in total. The summed E-state index contributed by atoms with van der Waals surface area (Å²) in [6, 6.07) is 4.37. The van der Waals surface area contributed by atoms with Gasteiger partial charge in [-0.05, 0) is 44.0 Å². The third kappa shape index (κ3) is 5.46. The number of hydrogen-bond acceptors (Lipinski definition) is 5. The molecule has 1 fully saturated rings. The third-order valence-electron chi connectivity index (χ3n) is 4.67. The van der Waals surface area contributed by atoms with Crippen LogP contribution in [0.2, 0.25) is 0 Å². The van der Waals surface area contributed by atoms with E-state index in [1.165, 1.54) is 23.5 Å². The van der Waals surface area contributed by atoms with Crippen LogP contribution >= 0.6 is 11.3 Å². The number of nitrogens with zero attached hydrogens (tertiary/aromatic N) is 2. The van der Waals surface area contributed by atoms with Crippen LogP contribution in [-0.2, 0) is 9.59 Å². The lowest BCUT2D eigenvalue weighted by Crippen LogP contribution is -2.45. The Morgan fingerprint density at radius 1 is 1.41 bits per heavy atom. The summed E-state index contributed by atoms with van der Waals surface area (Å²) in [6.07, 6.45) is 3.80. The number of thiazole rings is 1. The van der Waals surface area contributed by atoms with Crippen LogP contribution in [-0.4, -0.2) is 47.9 Å². The van der Waals surface area contributed by atoms with E-state index in [1.807, 2.05) is 4.90 Å². The van der Waals surface area contributed by atoms with E-state index in [0.29, 0.717) is 28.4 Å². The maximum atomic E-state index is 13.3. The van der Waals surface area contributed by atoms with Crippen molar-refractivity contribution in [3.8, 4) is 0 Å². The van der Waals surface area contributed by atoms with Crippen molar-refractivity contribution in [2.75, 3.05) is 31.5 Å². The molecule has 1 aliphatic rings. The lowest BCUT2D eigenvalue weighted by Gasteiger charge is -2.31. The van der Waals surface area contributed by atoms with Gasteiger partial charge in [0.25, 0.3) is 0 Å². The van der Waals surface area contributed by atoms with E-state index in [9.17, 15) is 14.0 Å². The molecule has 1 saturated heterocycles. The SMILES string of the molecule is CCCCNC(=O)C1CCCN(CC(=O)Nc2nc3ccc(F)cc3s2)C1. The van der Waals surface area contributed by atoms with Gasteiger partial charge in [0.1, 0.15) is 5.82 Å². The number of likely N-dealkylation sites (tertiary alicyclic amines) is 1. The van der Waals surface area contributed by atoms with Gasteiger partial charge < -0.3 is 10.6 Å². The Kier molecular flexibility index (Phi) is 6.73. The number of anilines is 1. The quantitative estimate of drug-likeness (QED) is 0.711. The smallest absolute Gasteiger partial charge is 0.240 e. The predicted molar refractivity (Wildman–Crippen MR) is 105 cm³/mol. The highest BCUT2D eigenvalue weighted by atomic mass is 32.1. The van der Waals surface area contributed by atoms with E-state index in [1.54, 1.807) is 6.07 Å². The fraction of sp³-hybridized carbons (Fsp3) is 0.526. The van der Waals surface area contributed by atoms with E-state index < -0.39 is 0 Å². The van der Waals surface area contributed by atoms with Crippen LogP contribution in [0.3, 0.4) is 0 Å². The second-order valence-corrected chi connectivity index (χ2v) is 7.93. The first-order chi connectivity index (χ1) is 13.0. The summed E-state index contributed by atoms with van der Waals surface area (Å²) < 4.78 is 14.0. The average Bonchev–Trinajstić information content (AvgIpc) is 3.03. The molecule has 2 aromatic rings. The van der Waals surface area contributed by atoms with Gasteiger partial charge in [-0.1, -0.05) is 24.7 Å². The Morgan fingerprint density at radius 2 is 2.26 bits per heavy atom. The molecule has 0 bridgehead atoms.